The van der Waals surface area contributed by atoms with Crippen LogP contribution in [0.15, 0.2) is 66.9 Å². The van der Waals surface area contributed by atoms with E-state index in [-0.39, 0.29) is 29.4 Å². The lowest BCUT2D eigenvalue weighted by Gasteiger charge is -2.21. The Morgan fingerprint density at radius 1 is 0.976 bits per heavy atom. The van der Waals surface area contributed by atoms with Gasteiger partial charge in [0.05, 0.1) is 40.4 Å². The lowest BCUT2D eigenvalue weighted by atomic mass is 10.1. The van der Waals surface area contributed by atoms with Crippen molar-refractivity contribution in [3.63, 3.8) is 0 Å². The fourth-order valence-electron chi connectivity index (χ4n) is 5.15. The molecule has 0 bridgehead atoms. The van der Waals surface area contributed by atoms with E-state index in [0.29, 0.717) is 46.4 Å². The predicted molar refractivity (Wildman–Crippen MR) is 153 cm³/mol. The number of alkyl halides is 3. The molecule has 5 rings (SSSR count). The molecule has 0 saturated heterocycles. The number of methoxy groups -OCH3 is 1. The zero-order valence-electron chi connectivity index (χ0n) is 23.4. The molecule has 42 heavy (non-hydrogen) atoms. The molecule has 4 aromatic rings. The number of imide groups is 1. The second kappa shape index (κ2) is 11.7. The monoisotopic (exact) mass is 577 g/mol. The highest BCUT2D eigenvalue weighted by molar-refractivity contribution is 6.21. The van der Waals surface area contributed by atoms with E-state index in [1.165, 1.54) is 24.1 Å². The number of hydrogen-bond donors (Lipinski definition) is 1. The van der Waals surface area contributed by atoms with Crippen LogP contribution >= 0.6 is 0 Å². The van der Waals surface area contributed by atoms with Gasteiger partial charge in [-0.05, 0) is 75.1 Å². The summed E-state index contributed by atoms with van der Waals surface area (Å²) in [7, 11) is 1.47. The number of carbonyl (C=O) groups excluding carboxylic acids is 2. The summed E-state index contributed by atoms with van der Waals surface area (Å²) in [6, 6.07) is 15.1. The van der Waals surface area contributed by atoms with Crippen LogP contribution in [0.25, 0.3) is 10.9 Å². The van der Waals surface area contributed by atoms with Crippen molar-refractivity contribution >= 4 is 28.4 Å². The normalized spacial score (nSPS) is 13.8. The zero-order chi connectivity index (χ0) is 30.0. The molecule has 3 aromatic carbocycles. The molecule has 2 heterocycles. The topological polar surface area (TPSA) is 80.8 Å². The van der Waals surface area contributed by atoms with Crippen molar-refractivity contribution < 1.29 is 32.2 Å². The number of pyridine rings is 1. The number of ether oxygens (including phenoxy) is 2. The Morgan fingerprint density at radius 3 is 2.36 bits per heavy atom. The summed E-state index contributed by atoms with van der Waals surface area (Å²) in [6.07, 6.45) is -0.669. The van der Waals surface area contributed by atoms with Crippen LogP contribution in [0.4, 0.5) is 18.9 Å². The fraction of sp³-hybridized carbons (Fsp3) is 0.281. The maximum absolute atomic E-state index is 13.3. The van der Waals surface area contributed by atoms with Crippen LogP contribution in [0.2, 0.25) is 0 Å². The summed E-state index contributed by atoms with van der Waals surface area (Å²) >= 11 is 0. The molecule has 1 aliphatic rings. The number of fused-ring (bicyclic) bond motifs is 2. The van der Waals surface area contributed by atoms with Gasteiger partial charge in [-0.1, -0.05) is 18.2 Å². The molecule has 218 valence electrons. The summed E-state index contributed by atoms with van der Waals surface area (Å²) in [4.78, 5) is 31.1. The third kappa shape index (κ3) is 5.74. The number of unbranched alkanes of at least 4 members (excludes halogenated alkanes) is 1. The number of nitrogens with zero attached hydrogens (tertiary/aromatic N) is 2. The van der Waals surface area contributed by atoms with E-state index in [9.17, 15) is 22.8 Å². The molecule has 0 radical (unpaired) electrons. The summed E-state index contributed by atoms with van der Waals surface area (Å²) in [6.45, 7) is 4.23. The highest BCUT2D eigenvalue weighted by Gasteiger charge is 2.34. The quantitative estimate of drug-likeness (QED) is 0.154. The average molecular weight is 578 g/mol. The first-order valence-corrected chi connectivity index (χ1v) is 13.6. The third-order valence-corrected chi connectivity index (χ3v) is 7.29. The highest BCUT2D eigenvalue weighted by Crippen LogP contribution is 2.44. The number of benzene rings is 3. The number of carbonyl (C=O) groups is 2. The maximum atomic E-state index is 13.3. The van der Waals surface area contributed by atoms with E-state index in [0.717, 1.165) is 30.5 Å². The molecule has 2 amide bonds. The van der Waals surface area contributed by atoms with Crippen molar-refractivity contribution in [1.29, 1.82) is 0 Å². The van der Waals surface area contributed by atoms with E-state index >= 15 is 0 Å². The Kier molecular flexibility index (Phi) is 8.06. The predicted octanol–water partition coefficient (Wildman–Crippen LogP) is 7.63. The molecule has 0 aliphatic carbocycles. The zero-order valence-corrected chi connectivity index (χ0v) is 23.4. The van der Waals surface area contributed by atoms with Gasteiger partial charge in [0.25, 0.3) is 11.8 Å². The van der Waals surface area contributed by atoms with Crippen LogP contribution < -0.4 is 14.8 Å². The molecule has 1 aromatic heterocycles. The minimum Gasteiger partial charge on any atom is -0.493 e. The van der Waals surface area contributed by atoms with Crippen LogP contribution in [0.5, 0.6) is 17.2 Å². The molecule has 1 N–H and O–H groups in total. The Hall–Kier alpha value is -4.60. The molecule has 10 heteroatoms. The van der Waals surface area contributed by atoms with Gasteiger partial charge in [0, 0.05) is 24.8 Å². The van der Waals surface area contributed by atoms with E-state index < -0.39 is 11.7 Å². The van der Waals surface area contributed by atoms with E-state index in [1.807, 2.05) is 13.8 Å². The first-order valence-electron chi connectivity index (χ1n) is 13.6. The number of rotatable bonds is 10. The first kappa shape index (κ1) is 28.9. The molecule has 0 fully saturated rings. The van der Waals surface area contributed by atoms with Crippen LogP contribution in [0, 0.1) is 6.92 Å². The molecule has 7 nitrogen and oxygen atoms in total. The Labute approximate surface area is 241 Å². The summed E-state index contributed by atoms with van der Waals surface area (Å²) in [5.74, 6) is 0.135. The first-order chi connectivity index (χ1) is 20.1. The third-order valence-electron chi connectivity index (χ3n) is 7.29. The van der Waals surface area contributed by atoms with Crippen molar-refractivity contribution in [2.24, 2.45) is 0 Å². The number of aromatic nitrogens is 1. The second-order valence-corrected chi connectivity index (χ2v) is 10.3. The number of hydrogen-bond acceptors (Lipinski definition) is 6. The van der Waals surface area contributed by atoms with Crippen molar-refractivity contribution in [2.45, 2.75) is 45.3 Å². The molecule has 0 saturated carbocycles. The van der Waals surface area contributed by atoms with Crippen molar-refractivity contribution in [3.8, 4) is 17.2 Å². The minimum atomic E-state index is -4.50. The molecule has 1 aliphatic heterocycles. The number of nitrogens with one attached hydrogen (secondary N) is 1. The van der Waals surface area contributed by atoms with Gasteiger partial charge < -0.3 is 14.8 Å². The fourth-order valence-corrected chi connectivity index (χ4v) is 5.15. The number of aryl methyl sites for hydroxylation is 1. The molecular formula is C32H30F3N3O4. The second-order valence-electron chi connectivity index (χ2n) is 10.3. The standard InChI is InChI=1S/C32H30F3N3O4/c1-19-14-15-36-28-25(18-26(41-3)29(27(19)28)42-22-11-8-10-21(17-22)32(33,34)35)37-20(2)9-6-7-16-38-30(39)23-12-4-5-13-24(23)31(38)40/h4-5,8,10-15,17-18,20,37H,6-7,9,16H2,1-3H3. The summed E-state index contributed by atoms with van der Waals surface area (Å²) < 4.78 is 51.5. The Morgan fingerprint density at radius 2 is 1.69 bits per heavy atom. The van der Waals surface area contributed by atoms with Crippen molar-refractivity contribution in [1.82, 2.24) is 9.88 Å². The van der Waals surface area contributed by atoms with E-state index in [4.69, 9.17) is 9.47 Å². The van der Waals surface area contributed by atoms with Gasteiger partial charge in [-0.3, -0.25) is 19.5 Å². The van der Waals surface area contributed by atoms with Gasteiger partial charge in [-0.15, -0.1) is 0 Å². The van der Waals surface area contributed by atoms with Gasteiger partial charge >= 0.3 is 6.18 Å². The van der Waals surface area contributed by atoms with Gasteiger partial charge in [0.15, 0.2) is 11.5 Å². The Bertz CT molecular complexity index is 1620. The summed E-state index contributed by atoms with van der Waals surface area (Å²) in [5, 5.41) is 4.09. The molecular weight excluding hydrogens is 547 g/mol. The van der Waals surface area contributed by atoms with Crippen LogP contribution in [0.3, 0.4) is 0 Å². The SMILES string of the molecule is COc1cc(NC(C)CCCCN2C(=O)c3ccccc3C2=O)c2nccc(C)c2c1Oc1cccc(C(F)(F)F)c1. The van der Waals surface area contributed by atoms with Crippen molar-refractivity contribution in [3.05, 3.63) is 89.1 Å². The molecule has 1 unspecified atom stereocenters. The summed E-state index contributed by atoms with van der Waals surface area (Å²) in [5.41, 5.74) is 2.18. The number of anilines is 1. The van der Waals surface area contributed by atoms with Crippen LogP contribution in [0.1, 0.15) is 58.0 Å². The molecule has 0 spiro atoms. The van der Waals surface area contributed by atoms with E-state index in [2.05, 4.69) is 10.3 Å². The lowest BCUT2D eigenvalue weighted by Crippen LogP contribution is -2.30. The smallest absolute Gasteiger partial charge is 0.416 e. The van der Waals surface area contributed by atoms with Crippen molar-refractivity contribution in [2.75, 3.05) is 19.0 Å². The number of amides is 2. The van der Waals surface area contributed by atoms with Gasteiger partial charge in [0.2, 0.25) is 0 Å². The lowest BCUT2D eigenvalue weighted by molar-refractivity contribution is -0.137. The highest BCUT2D eigenvalue weighted by atomic mass is 19.4. The number of halogens is 3. The minimum absolute atomic E-state index is 0.00219. The average Bonchev–Trinajstić information content (AvgIpc) is 3.21. The van der Waals surface area contributed by atoms with Crippen LogP contribution in [-0.2, 0) is 6.18 Å². The van der Waals surface area contributed by atoms with E-state index in [1.54, 1.807) is 42.6 Å². The van der Waals surface area contributed by atoms with Crippen LogP contribution in [-0.4, -0.2) is 41.4 Å². The van der Waals surface area contributed by atoms with Gasteiger partial charge in [-0.2, -0.15) is 13.2 Å². The Balaban J connectivity index is 1.30. The largest absolute Gasteiger partial charge is 0.493 e. The molecule has 1 atom stereocenters. The maximum Gasteiger partial charge on any atom is 0.416 e. The van der Waals surface area contributed by atoms with Gasteiger partial charge in [-0.25, -0.2) is 0 Å². The van der Waals surface area contributed by atoms with Gasteiger partial charge in [0.1, 0.15) is 5.75 Å².